The average Bonchev–Trinajstić information content (AvgIpc) is 2.46. The molecule has 0 radical (unpaired) electrons. The van der Waals surface area contributed by atoms with Gasteiger partial charge in [-0.3, -0.25) is 4.79 Å². The molecule has 1 aromatic rings. The Morgan fingerprint density at radius 3 is 2.95 bits per heavy atom. The van der Waals surface area contributed by atoms with E-state index >= 15 is 0 Å². The van der Waals surface area contributed by atoms with Gasteiger partial charge in [0.2, 0.25) is 0 Å². The van der Waals surface area contributed by atoms with Crippen molar-refractivity contribution in [2.24, 2.45) is 0 Å². The van der Waals surface area contributed by atoms with Crippen molar-refractivity contribution in [2.75, 3.05) is 27.2 Å². The molecular weight excluding hydrogens is 260 g/mol. The molecule has 0 spiro atoms. The van der Waals surface area contributed by atoms with Crippen molar-refractivity contribution in [3.8, 4) is 0 Å². The highest BCUT2D eigenvalue weighted by Crippen LogP contribution is 2.17. The molecule has 19 heavy (non-hydrogen) atoms. The van der Waals surface area contributed by atoms with E-state index in [9.17, 15) is 4.79 Å². The largest absolute Gasteiger partial charge is 0.337 e. The van der Waals surface area contributed by atoms with Gasteiger partial charge >= 0.3 is 0 Å². The first-order chi connectivity index (χ1) is 9.11. The molecule has 1 aliphatic heterocycles. The number of benzene rings is 1. The lowest BCUT2D eigenvalue weighted by Crippen LogP contribution is -2.47. The molecule has 1 fully saturated rings. The fraction of sp³-hybridized carbons (Fsp3) is 0.533. The molecule has 1 aromatic carbocycles. The van der Waals surface area contributed by atoms with Crippen molar-refractivity contribution >= 4 is 17.5 Å². The number of amides is 1. The van der Waals surface area contributed by atoms with Crippen LogP contribution in [0.5, 0.6) is 0 Å². The predicted octanol–water partition coefficient (Wildman–Crippen LogP) is 2.59. The van der Waals surface area contributed by atoms with Crippen molar-refractivity contribution in [3.05, 3.63) is 35.4 Å². The van der Waals surface area contributed by atoms with E-state index in [1.54, 1.807) is 0 Å². The third-order valence-corrected chi connectivity index (χ3v) is 4.05. The van der Waals surface area contributed by atoms with Crippen molar-refractivity contribution in [3.63, 3.8) is 0 Å². The van der Waals surface area contributed by atoms with Crippen molar-refractivity contribution < 1.29 is 4.79 Å². The Balaban J connectivity index is 2.10. The second kappa shape index (κ2) is 6.40. The fourth-order valence-electron chi connectivity index (χ4n) is 2.53. The highest BCUT2D eigenvalue weighted by atomic mass is 35.5. The van der Waals surface area contributed by atoms with Crippen LogP contribution < -0.4 is 0 Å². The summed E-state index contributed by atoms with van der Waals surface area (Å²) in [5.74, 6) is 0.570. The van der Waals surface area contributed by atoms with Crippen LogP contribution in [-0.2, 0) is 5.88 Å². The van der Waals surface area contributed by atoms with Crippen LogP contribution in [0, 0.1) is 0 Å². The van der Waals surface area contributed by atoms with Crippen LogP contribution in [0.15, 0.2) is 24.3 Å². The molecule has 1 unspecified atom stereocenters. The van der Waals surface area contributed by atoms with Crippen LogP contribution >= 0.6 is 11.6 Å². The van der Waals surface area contributed by atoms with Crippen molar-refractivity contribution in [1.82, 2.24) is 9.80 Å². The zero-order chi connectivity index (χ0) is 13.8. The Bertz CT molecular complexity index is 448. The van der Waals surface area contributed by atoms with E-state index in [2.05, 4.69) is 19.0 Å². The molecule has 104 valence electrons. The maximum absolute atomic E-state index is 12.5. The molecule has 0 N–H and O–H groups in total. The van der Waals surface area contributed by atoms with Crippen molar-refractivity contribution in [1.29, 1.82) is 0 Å². The van der Waals surface area contributed by atoms with E-state index in [1.807, 2.05) is 29.2 Å². The Labute approximate surface area is 120 Å². The highest BCUT2D eigenvalue weighted by molar-refractivity contribution is 6.17. The summed E-state index contributed by atoms with van der Waals surface area (Å²) in [6, 6.07) is 8.08. The van der Waals surface area contributed by atoms with Crippen LogP contribution in [0.1, 0.15) is 28.8 Å². The van der Waals surface area contributed by atoms with Crippen LogP contribution in [0.4, 0.5) is 0 Å². The van der Waals surface area contributed by atoms with Gasteiger partial charge in [-0.2, -0.15) is 0 Å². The molecule has 3 nitrogen and oxygen atoms in total. The number of carbonyl (C=O) groups is 1. The van der Waals surface area contributed by atoms with Gasteiger partial charge in [-0.25, -0.2) is 0 Å². The van der Waals surface area contributed by atoms with Gasteiger partial charge in [0.05, 0.1) is 0 Å². The first-order valence-corrected chi connectivity index (χ1v) is 7.26. The summed E-state index contributed by atoms with van der Waals surface area (Å²) in [5, 5.41) is 0. The third kappa shape index (κ3) is 3.48. The van der Waals surface area contributed by atoms with Gasteiger partial charge in [0, 0.05) is 30.6 Å². The lowest BCUT2D eigenvalue weighted by Gasteiger charge is -2.36. The summed E-state index contributed by atoms with van der Waals surface area (Å²) in [7, 11) is 4.15. The van der Waals surface area contributed by atoms with Crippen LogP contribution in [0.2, 0.25) is 0 Å². The predicted molar refractivity (Wildman–Crippen MR) is 78.6 cm³/mol. The Kier molecular flexibility index (Phi) is 4.83. The zero-order valence-electron chi connectivity index (χ0n) is 11.6. The lowest BCUT2D eigenvalue weighted by atomic mass is 10.0. The molecule has 2 rings (SSSR count). The van der Waals surface area contributed by atoms with Gasteiger partial charge in [-0.15, -0.1) is 11.6 Å². The molecule has 0 aliphatic carbocycles. The number of rotatable bonds is 3. The number of likely N-dealkylation sites (N-methyl/N-ethyl adjacent to an activating group) is 1. The summed E-state index contributed by atoms with van der Waals surface area (Å²) in [6.45, 7) is 1.67. The number of likely N-dealkylation sites (tertiary alicyclic amines) is 1. The van der Waals surface area contributed by atoms with Crippen LogP contribution in [0.3, 0.4) is 0 Å². The fourth-order valence-corrected chi connectivity index (χ4v) is 2.70. The molecule has 1 amide bonds. The maximum Gasteiger partial charge on any atom is 0.253 e. The zero-order valence-corrected chi connectivity index (χ0v) is 12.4. The van der Waals surface area contributed by atoms with Gasteiger partial charge in [-0.05, 0) is 44.6 Å². The van der Waals surface area contributed by atoms with E-state index in [0.29, 0.717) is 11.9 Å². The topological polar surface area (TPSA) is 23.6 Å². The van der Waals surface area contributed by atoms with Gasteiger partial charge in [0.1, 0.15) is 0 Å². The van der Waals surface area contributed by atoms with Crippen LogP contribution in [0.25, 0.3) is 0 Å². The average molecular weight is 281 g/mol. The highest BCUT2D eigenvalue weighted by Gasteiger charge is 2.25. The van der Waals surface area contributed by atoms with Gasteiger partial charge in [-0.1, -0.05) is 12.1 Å². The summed E-state index contributed by atoms with van der Waals surface area (Å²) in [4.78, 5) is 16.7. The Morgan fingerprint density at radius 2 is 2.26 bits per heavy atom. The molecule has 4 heteroatoms. The summed E-state index contributed by atoms with van der Waals surface area (Å²) in [5.41, 5.74) is 1.74. The molecule has 1 heterocycles. The van der Waals surface area contributed by atoms with E-state index in [4.69, 9.17) is 11.6 Å². The van der Waals surface area contributed by atoms with Crippen molar-refractivity contribution in [2.45, 2.75) is 24.8 Å². The minimum atomic E-state index is 0.124. The molecule has 1 aliphatic rings. The number of piperidine rings is 1. The molecule has 0 saturated carbocycles. The van der Waals surface area contributed by atoms with E-state index in [-0.39, 0.29) is 5.91 Å². The maximum atomic E-state index is 12.5. The summed E-state index contributed by atoms with van der Waals surface area (Å²) < 4.78 is 0. The lowest BCUT2D eigenvalue weighted by molar-refractivity contribution is 0.0635. The summed E-state index contributed by atoms with van der Waals surface area (Å²) >= 11 is 5.82. The molecular formula is C15H21ClN2O. The minimum Gasteiger partial charge on any atom is -0.337 e. The number of hydrogen-bond acceptors (Lipinski definition) is 2. The second-order valence-electron chi connectivity index (χ2n) is 5.34. The summed E-state index contributed by atoms with van der Waals surface area (Å²) in [6.07, 6.45) is 2.24. The molecule has 0 bridgehead atoms. The standard InChI is InChI=1S/C15H21ClN2O/c1-17(2)14-7-4-8-18(11-14)15(19)13-6-3-5-12(9-13)10-16/h3,5-6,9,14H,4,7-8,10-11H2,1-2H3. The van der Waals surface area contributed by atoms with Gasteiger partial charge in [0.25, 0.3) is 5.91 Å². The number of halogens is 1. The Morgan fingerprint density at radius 1 is 1.47 bits per heavy atom. The quantitative estimate of drug-likeness (QED) is 0.795. The number of alkyl halides is 1. The van der Waals surface area contributed by atoms with Crippen LogP contribution in [-0.4, -0.2) is 48.9 Å². The molecule has 0 aromatic heterocycles. The van der Waals surface area contributed by atoms with E-state index in [1.165, 1.54) is 6.42 Å². The first kappa shape index (κ1) is 14.4. The third-order valence-electron chi connectivity index (χ3n) is 3.74. The number of carbonyl (C=O) groups excluding carboxylic acids is 1. The smallest absolute Gasteiger partial charge is 0.253 e. The monoisotopic (exact) mass is 280 g/mol. The van der Waals surface area contributed by atoms with E-state index in [0.717, 1.165) is 30.6 Å². The number of nitrogens with zero attached hydrogens (tertiary/aromatic N) is 2. The minimum absolute atomic E-state index is 0.124. The Hall–Kier alpha value is -1.06. The first-order valence-electron chi connectivity index (χ1n) is 6.72. The molecule has 1 saturated heterocycles. The normalized spacial score (nSPS) is 19.8. The van der Waals surface area contributed by atoms with Gasteiger partial charge < -0.3 is 9.80 Å². The van der Waals surface area contributed by atoms with E-state index < -0.39 is 0 Å². The SMILES string of the molecule is CN(C)C1CCCN(C(=O)c2cccc(CCl)c2)C1. The second-order valence-corrected chi connectivity index (χ2v) is 5.61. The number of hydrogen-bond donors (Lipinski definition) is 0. The van der Waals surface area contributed by atoms with Gasteiger partial charge in [0.15, 0.2) is 0 Å². The molecule has 1 atom stereocenters.